The molecule has 4 heterocycles. The van der Waals surface area contributed by atoms with Crippen LogP contribution in [0.5, 0.6) is 0 Å². The predicted octanol–water partition coefficient (Wildman–Crippen LogP) is 2.41. The van der Waals surface area contributed by atoms with E-state index in [9.17, 15) is 8.42 Å². The molecule has 0 spiro atoms. The lowest BCUT2D eigenvalue weighted by Crippen LogP contribution is -2.34. The van der Waals surface area contributed by atoms with Gasteiger partial charge in [0.15, 0.2) is 0 Å². The van der Waals surface area contributed by atoms with Gasteiger partial charge < -0.3 is 5.32 Å². The first-order chi connectivity index (χ1) is 11.1. The average Bonchev–Trinajstić information content (AvgIpc) is 3.13. The van der Waals surface area contributed by atoms with Crippen LogP contribution in [0.25, 0.3) is 0 Å². The minimum atomic E-state index is -3.48. The van der Waals surface area contributed by atoms with E-state index in [-0.39, 0.29) is 5.92 Å². The highest BCUT2D eigenvalue weighted by molar-refractivity contribution is 9.11. The van der Waals surface area contributed by atoms with Crippen LogP contribution in [0.4, 0.5) is 0 Å². The van der Waals surface area contributed by atoms with Crippen LogP contribution in [0.1, 0.15) is 17.2 Å². The zero-order valence-electron chi connectivity index (χ0n) is 12.3. The smallest absolute Gasteiger partial charge is 0.252 e. The molecule has 2 aromatic rings. The molecule has 2 atom stereocenters. The zero-order chi connectivity index (χ0) is 16.0. The van der Waals surface area contributed by atoms with Crippen molar-refractivity contribution in [3.63, 3.8) is 0 Å². The molecule has 0 aliphatic carbocycles. The summed E-state index contributed by atoms with van der Waals surface area (Å²) in [6.07, 6.45) is 1.80. The van der Waals surface area contributed by atoms with Crippen molar-refractivity contribution in [2.75, 3.05) is 19.6 Å². The molecule has 0 radical (unpaired) electrons. The van der Waals surface area contributed by atoms with E-state index in [0.717, 1.165) is 28.1 Å². The van der Waals surface area contributed by atoms with E-state index < -0.39 is 10.0 Å². The molecular weight excluding hydrogens is 398 g/mol. The van der Waals surface area contributed by atoms with Crippen LogP contribution >= 0.6 is 27.3 Å². The number of nitrogens with one attached hydrogen (secondary N) is 1. The highest BCUT2D eigenvalue weighted by Gasteiger charge is 2.39. The number of halogens is 1. The molecule has 4 rings (SSSR count). The minimum absolute atomic E-state index is 0.268. The van der Waals surface area contributed by atoms with Crippen LogP contribution in [0.15, 0.2) is 38.5 Å². The number of aromatic nitrogens is 1. The lowest BCUT2D eigenvalue weighted by atomic mass is 9.91. The van der Waals surface area contributed by atoms with Gasteiger partial charge in [-0.25, -0.2) is 8.42 Å². The second-order valence-corrected chi connectivity index (χ2v) is 10.6. The van der Waals surface area contributed by atoms with Gasteiger partial charge in [-0.15, -0.1) is 11.3 Å². The molecule has 2 aromatic heterocycles. The van der Waals surface area contributed by atoms with E-state index in [0.29, 0.717) is 23.2 Å². The van der Waals surface area contributed by atoms with Crippen molar-refractivity contribution >= 4 is 37.3 Å². The molecule has 1 N–H and O–H groups in total. The molecule has 1 fully saturated rings. The predicted molar refractivity (Wildman–Crippen MR) is 93.0 cm³/mol. The van der Waals surface area contributed by atoms with Crippen molar-refractivity contribution in [1.29, 1.82) is 0 Å². The molecule has 122 valence electrons. The Morgan fingerprint density at radius 3 is 2.96 bits per heavy atom. The summed E-state index contributed by atoms with van der Waals surface area (Å²) in [5.41, 5.74) is 2.07. The fraction of sp³-hybridized carbons (Fsp3) is 0.400. The lowest BCUT2D eigenvalue weighted by molar-refractivity contribution is 0.350. The molecule has 2 aliphatic heterocycles. The van der Waals surface area contributed by atoms with Gasteiger partial charge in [-0.2, -0.15) is 4.31 Å². The summed E-state index contributed by atoms with van der Waals surface area (Å²) in [5, 5.41) is 3.38. The van der Waals surface area contributed by atoms with Crippen molar-refractivity contribution in [2.45, 2.75) is 16.7 Å². The number of hydrogen-bond acceptors (Lipinski definition) is 5. The number of thiophene rings is 1. The topological polar surface area (TPSA) is 62.3 Å². The van der Waals surface area contributed by atoms with E-state index in [4.69, 9.17) is 0 Å². The first-order valence-electron chi connectivity index (χ1n) is 7.45. The van der Waals surface area contributed by atoms with Crippen LogP contribution in [0.2, 0.25) is 0 Å². The summed E-state index contributed by atoms with van der Waals surface area (Å²) in [6.45, 7) is 2.63. The van der Waals surface area contributed by atoms with Gasteiger partial charge in [0, 0.05) is 37.4 Å². The summed E-state index contributed by atoms with van der Waals surface area (Å²) < 4.78 is 28.9. The lowest BCUT2D eigenvalue weighted by Gasteiger charge is -2.22. The summed E-state index contributed by atoms with van der Waals surface area (Å²) in [4.78, 5) is 4.55. The number of pyridine rings is 1. The maximum absolute atomic E-state index is 13.0. The van der Waals surface area contributed by atoms with Crippen LogP contribution in [-0.4, -0.2) is 37.3 Å². The van der Waals surface area contributed by atoms with Crippen molar-refractivity contribution in [2.24, 2.45) is 5.92 Å². The van der Waals surface area contributed by atoms with E-state index >= 15 is 0 Å². The van der Waals surface area contributed by atoms with Gasteiger partial charge in [-0.3, -0.25) is 4.98 Å². The fourth-order valence-electron chi connectivity index (χ4n) is 3.43. The number of nitrogens with zero attached hydrogens (tertiary/aromatic N) is 2. The quantitative estimate of drug-likeness (QED) is 0.820. The molecule has 0 unspecified atom stereocenters. The molecular formula is C15H16BrN3O2S2. The third kappa shape index (κ3) is 2.76. The Morgan fingerprint density at radius 2 is 2.17 bits per heavy atom. The van der Waals surface area contributed by atoms with Gasteiger partial charge in [-0.05, 0) is 52.2 Å². The first-order valence-corrected chi connectivity index (χ1v) is 10.5. The minimum Gasteiger partial charge on any atom is -0.316 e. The maximum atomic E-state index is 13.0. The van der Waals surface area contributed by atoms with Gasteiger partial charge >= 0.3 is 0 Å². The number of sulfonamides is 1. The monoisotopic (exact) mass is 413 g/mol. The molecule has 2 aliphatic rings. The van der Waals surface area contributed by atoms with Crippen molar-refractivity contribution in [3.05, 3.63) is 45.5 Å². The number of hydrogen-bond donors (Lipinski definition) is 1. The van der Waals surface area contributed by atoms with Crippen molar-refractivity contribution in [1.82, 2.24) is 14.6 Å². The molecule has 8 heteroatoms. The normalized spacial score (nSPS) is 24.9. The van der Waals surface area contributed by atoms with Crippen molar-refractivity contribution in [3.8, 4) is 0 Å². The van der Waals surface area contributed by atoms with Gasteiger partial charge in [0.2, 0.25) is 0 Å². The second-order valence-electron chi connectivity index (χ2n) is 5.93. The standard InChI is InChI=1S/C15H16BrN3O2S2/c16-13-3-4-14(22-13)23(20,21)19-8-10-2-1-5-18-15(10)12-7-17-6-11(12)9-19/h1-5,11-12,17H,6-9H2/t11-,12+/m0/s1. The summed E-state index contributed by atoms with van der Waals surface area (Å²) in [5.74, 6) is 0.561. The number of fused-ring (bicyclic) bond motifs is 3. The molecule has 5 nitrogen and oxygen atoms in total. The maximum Gasteiger partial charge on any atom is 0.252 e. The van der Waals surface area contributed by atoms with Gasteiger partial charge in [0.1, 0.15) is 4.21 Å². The SMILES string of the molecule is O=S(=O)(c1ccc(Br)s1)N1Cc2cccnc2[C@@H]2CNC[C@H]2C1. The zero-order valence-corrected chi connectivity index (χ0v) is 15.5. The third-order valence-corrected chi connectivity index (χ3v) is 8.45. The number of rotatable bonds is 2. The van der Waals surface area contributed by atoms with E-state index in [1.165, 1.54) is 11.3 Å². The second kappa shape index (κ2) is 5.93. The fourth-order valence-corrected chi connectivity index (χ4v) is 7.07. The third-order valence-electron chi connectivity index (χ3n) is 4.54. The van der Waals surface area contributed by atoms with Crippen LogP contribution < -0.4 is 5.32 Å². The van der Waals surface area contributed by atoms with E-state index in [1.54, 1.807) is 22.6 Å². The highest BCUT2D eigenvalue weighted by Crippen LogP contribution is 2.37. The van der Waals surface area contributed by atoms with Gasteiger partial charge in [0.25, 0.3) is 10.0 Å². The van der Waals surface area contributed by atoms with E-state index in [1.807, 2.05) is 12.1 Å². The average molecular weight is 414 g/mol. The largest absolute Gasteiger partial charge is 0.316 e. The molecule has 0 saturated carbocycles. The first kappa shape index (κ1) is 15.7. The van der Waals surface area contributed by atoms with Gasteiger partial charge in [-0.1, -0.05) is 6.07 Å². The molecule has 0 amide bonds. The Bertz CT molecular complexity index is 837. The molecule has 0 bridgehead atoms. The van der Waals surface area contributed by atoms with Crippen LogP contribution in [-0.2, 0) is 16.6 Å². The van der Waals surface area contributed by atoms with Crippen LogP contribution in [0, 0.1) is 5.92 Å². The van der Waals surface area contributed by atoms with Gasteiger partial charge in [0.05, 0.1) is 3.79 Å². The molecule has 0 aromatic carbocycles. The summed E-state index contributed by atoms with van der Waals surface area (Å²) >= 11 is 4.61. The Kier molecular flexibility index (Phi) is 4.05. The van der Waals surface area contributed by atoms with Crippen LogP contribution in [0.3, 0.4) is 0 Å². The molecule has 1 saturated heterocycles. The summed E-state index contributed by atoms with van der Waals surface area (Å²) in [6, 6.07) is 7.33. The Morgan fingerprint density at radius 1 is 1.30 bits per heavy atom. The highest BCUT2D eigenvalue weighted by atomic mass is 79.9. The van der Waals surface area contributed by atoms with Crippen molar-refractivity contribution < 1.29 is 8.42 Å². The van der Waals surface area contributed by atoms with E-state index in [2.05, 4.69) is 26.2 Å². The summed E-state index contributed by atoms with van der Waals surface area (Å²) in [7, 11) is -3.48. The molecule has 23 heavy (non-hydrogen) atoms. The Labute approximate surface area is 147 Å². The Balaban J connectivity index is 1.76. The Hall–Kier alpha value is -0.800.